The van der Waals surface area contributed by atoms with Gasteiger partial charge in [0.05, 0.1) is 13.2 Å². The normalized spacial score (nSPS) is 46.8. The van der Waals surface area contributed by atoms with E-state index in [0.29, 0.717) is 31.5 Å². The molecule has 4 N–H and O–H groups in total. The average molecular weight is 403 g/mol. The van der Waals surface area contributed by atoms with Gasteiger partial charge in [-0.2, -0.15) is 0 Å². The molecule has 5 aliphatic rings. The van der Waals surface area contributed by atoms with Crippen LogP contribution in [0, 0.1) is 23.2 Å². The minimum atomic E-state index is -0.523. The first-order valence-corrected chi connectivity index (χ1v) is 11.8. The standard InChI is InChI=1S/C24H38N2O3/c1-21-9-8-18(27)15-17(21)7-10-24(26)20(21)6-5-19(16-3-4-16)23(24,25)12-11-22(2)28-13-14-29-22/h15-16,19-20H,3-14,25-26H2,1-2H3/t19-,20?,21-,23-,24?/m0/s1. The van der Waals surface area contributed by atoms with Gasteiger partial charge in [-0.15, -0.1) is 0 Å². The van der Waals surface area contributed by atoms with Crippen molar-refractivity contribution in [2.45, 2.75) is 94.9 Å². The Morgan fingerprint density at radius 3 is 2.41 bits per heavy atom. The summed E-state index contributed by atoms with van der Waals surface area (Å²) in [6, 6.07) is 0. The molecule has 1 aliphatic heterocycles. The van der Waals surface area contributed by atoms with Crippen LogP contribution in [0.5, 0.6) is 0 Å². The molecule has 0 spiro atoms. The summed E-state index contributed by atoms with van der Waals surface area (Å²) in [6.07, 6.45) is 11.9. The van der Waals surface area contributed by atoms with E-state index in [2.05, 4.69) is 13.8 Å². The number of rotatable bonds is 4. The van der Waals surface area contributed by atoms with E-state index in [-0.39, 0.29) is 16.7 Å². The highest BCUT2D eigenvalue weighted by molar-refractivity contribution is 5.91. The lowest BCUT2D eigenvalue weighted by Gasteiger charge is -2.65. The van der Waals surface area contributed by atoms with E-state index in [0.717, 1.165) is 44.4 Å². The zero-order chi connectivity index (χ0) is 20.5. The van der Waals surface area contributed by atoms with Crippen molar-refractivity contribution < 1.29 is 14.3 Å². The van der Waals surface area contributed by atoms with Gasteiger partial charge in [-0.1, -0.05) is 12.5 Å². The van der Waals surface area contributed by atoms with Crippen LogP contribution in [0.15, 0.2) is 11.6 Å². The van der Waals surface area contributed by atoms with Crippen LogP contribution >= 0.6 is 0 Å². The third-order valence-electron chi connectivity index (χ3n) is 9.53. The summed E-state index contributed by atoms with van der Waals surface area (Å²) in [5.41, 5.74) is 15.5. The van der Waals surface area contributed by atoms with E-state index in [1.54, 1.807) is 0 Å². The van der Waals surface area contributed by atoms with Crippen LogP contribution < -0.4 is 11.5 Å². The number of carbonyl (C=O) groups is 1. The molecule has 4 fully saturated rings. The molecule has 2 unspecified atom stereocenters. The first-order valence-electron chi connectivity index (χ1n) is 11.8. The summed E-state index contributed by atoms with van der Waals surface area (Å²) in [4.78, 5) is 12.1. The van der Waals surface area contributed by atoms with Gasteiger partial charge in [-0.3, -0.25) is 4.79 Å². The largest absolute Gasteiger partial charge is 0.348 e. The molecule has 1 heterocycles. The molecule has 1 saturated heterocycles. The quantitative estimate of drug-likeness (QED) is 0.752. The highest BCUT2D eigenvalue weighted by Crippen LogP contribution is 2.64. The van der Waals surface area contributed by atoms with Crippen molar-refractivity contribution in [1.82, 2.24) is 0 Å². The average Bonchev–Trinajstić information content (AvgIpc) is 3.43. The van der Waals surface area contributed by atoms with E-state index >= 15 is 0 Å². The minimum absolute atomic E-state index is 0.0182. The lowest BCUT2D eigenvalue weighted by atomic mass is 9.43. The van der Waals surface area contributed by atoms with Gasteiger partial charge in [-0.05, 0) is 87.5 Å². The van der Waals surface area contributed by atoms with Crippen LogP contribution in [0.1, 0.15) is 78.1 Å². The second kappa shape index (κ2) is 6.62. The molecule has 3 saturated carbocycles. The highest BCUT2D eigenvalue weighted by atomic mass is 16.7. The fourth-order valence-electron chi connectivity index (χ4n) is 7.61. The second-order valence-corrected chi connectivity index (χ2v) is 11.0. The Kier molecular flexibility index (Phi) is 4.61. The van der Waals surface area contributed by atoms with Crippen LogP contribution in [0.4, 0.5) is 0 Å². The summed E-state index contributed by atoms with van der Waals surface area (Å²) in [7, 11) is 0. The van der Waals surface area contributed by atoms with Gasteiger partial charge >= 0.3 is 0 Å². The number of hydrogen-bond acceptors (Lipinski definition) is 5. The molecule has 29 heavy (non-hydrogen) atoms. The first-order chi connectivity index (χ1) is 13.7. The molecular weight excluding hydrogens is 364 g/mol. The molecule has 0 radical (unpaired) electrons. The molecule has 5 nitrogen and oxygen atoms in total. The number of ketones is 1. The minimum Gasteiger partial charge on any atom is -0.348 e. The molecule has 0 aromatic rings. The zero-order valence-corrected chi connectivity index (χ0v) is 18.2. The summed E-state index contributed by atoms with van der Waals surface area (Å²) in [5.74, 6) is 1.34. The van der Waals surface area contributed by atoms with Crippen LogP contribution in [0.25, 0.3) is 0 Å². The number of ether oxygens (including phenoxy) is 2. The molecule has 162 valence electrons. The van der Waals surface area contributed by atoms with Crippen molar-refractivity contribution >= 4 is 5.78 Å². The van der Waals surface area contributed by atoms with Gasteiger partial charge in [0.15, 0.2) is 11.6 Å². The van der Waals surface area contributed by atoms with E-state index in [9.17, 15) is 4.79 Å². The van der Waals surface area contributed by atoms with Gasteiger partial charge in [0, 0.05) is 23.9 Å². The number of carbonyl (C=O) groups excluding carboxylic acids is 1. The van der Waals surface area contributed by atoms with Crippen molar-refractivity contribution in [3.8, 4) is 0 Å². The van der Waals surface area contributed by atoms with E-state index in [1.165, 1.54) is 24.8 Å². The first kappa shape index (κ1) is 20.2. The molecule has 4 aliphatic carbocycles. The summed E-state index contributed by atoms with van der Waals surface area (Å²) < 4.78 is 11.8. The fraction of sp³-hybridized carbons (Fsp3) is 0.875. The van der Waals surface area contributed by atoms with Gasteiger partial charge < -0.3 is 20.9 Å². The Labute approximate surface area is 174 Å². The number of nitrogens with two attached hydrogens (primary N) is 2. The van der Waals surface area contributed by atoms with Crippen molar-refractivity contribution in [1.29, 1.82) is 0 Å². The topological polar surface area (TPSA) is 87.6 Å². The van der Waals surface area contributed by atoms with E-state index < -0.39 is 11.3 Å². The highest BCUT2D eigenvalue weighted by Gasteiger charge is 2.65. The molecule has 0 bridgehead atoms. The van der Waals surface area contributed by atoms with Crippen LogP contribution in [0.3, 0.4) is 0 Å². The third kappa shape index (κ3) is 2.99. The molecule has 0 amide bonds. The summed E-state index contributed by atoms with van der Waals surface area (Å²) >= 11 is 0. The summed E-state index contributed by atoms with van der Waals surface area (Å²) in [5, 5.41) is 0. The van der Waals surface area contributed by atoms with Crippen molar-refractivity contribution in [2.75, 3.05) is 13.2 Å². The number of hydrogen-bond donors (Lipinski definition) is 2. The van der Waals surface area contributed by atoms with Gasteiger partial charge in [-0.25, -0.2) is 0 Å². The van der Waals surface area contributed by atoms with Gasteiger partial charge in [0.25, 0.3) is 0 Å². The monoisotopic (exact) mass is 402 g/mol. The number of allylic oxidation sites excluding steroid dienone is 2. The van der Waals surface area contributed by atoms with E-state index in [4.69, 9.17) is 20.9 Å². The Balaban J connectivity index is 1.49. The Bertz CT molecular complexity index is 726. The Morgan fingerprint density at radius 1 is 1.00 bits per heavy atom. The smallest absolute Gasteiger partial charge is 0.165 e. The lowest BCUT2D eigenvalue weighted by molar-refractivity contribution is -0.157. The summed E-state index contributed by atoms with van der Waals surface area (Å²) in [6.45, 7) is 5.74. The predicted molar refractivity (Wildman–Crippen MR) is 112 cm³/mol. The fourth-order valence-corrected chi connectivity index (χ4v) is 7.61. The van der Waals surface area contributed by atoms with Crippen LogP contribution in [-0.4, -0.2) is 35.9 Å². The van der Waals surface area contributed by atoms with Crippen molar-refractivity contribution in [2.24, 2.45) is 34.6 Å². The molecule has 5 atom stereocenters. The van der Waals surface area contributed by atoms with Crippen LogP contribution in [-0.2, 0) is 14.3 Å². The lowest BCUT2D eigenvalue weighted by Crippen LogP contribution is -2.78. The van der Waals surface area contributed by atoms with Gasteiger partial charge in [0.2, 0.25) is 0 Å². The molecule has 0 aromatic carbocycles. The van der Waals surface area contributed by atoms with Crippen LogP contribution in [0.2, 0.25) is 0 Å². The Morgan fingerprint density at radius 2 is 1.72 bits per heavy atom. The zero-order valence-electron chi connectivity index (χ0n) is 18.2. The number of fused-ring (bicyclic) bond motifs is 3. The van der Waals surface area contributed by atoms with Crippen molar-refractivity contribution in [3.63, 3.8) is 0 Å². The SMILES string of the molecule is CC1(CC[C@]2(N)[C@H](C3CC3)CCC3C2(N)CCC2=CC(=O)CC[C@@]23C)OCCO1. The second-order valence-electron chi connectivity index (χ2n) is 11.0. The maximum atomic E-state index is 12.1. The van der Waals surface area contributed by atoms with Gasteiger partial charge in [0.1, 0.15) is 0 Å². The Hall–Kier alpha value is -0.750. The van der Waals surface area contributed by atoms with E-state index in [1.807, 2.05) is 6.08 Å². The third-order valence-corrected chi connectivity index (χ3v) is 9.53. The maximum Gasteiger partial charge on any atom is 0.165 e. The molecule has 5 heteroatoms. The molecular formula is C24H38N2O3. The maximum absolute atomic E-state index is 12.1. The molecule has 0 aromatic heterocycles. The predicted octanol–water partition coefficient (Wildman–Crippen LogP) is 3.45. The van der Waals surface area contributed by atoms with Crippen molar-refractivity contribution in [3.05, 3.63) is 11.6 Å². The molecule has 5 rings (SSSR count).